The molecule has 0 fully saturated rings. The van der Waals surface area contributed by atoms with Gasteiger partial charge in [0.2, 0.25) is 5.89 Å². The molecule has 0 radical (unpaired) electrons. The van der Waals surface area contributed by atoms with Crippen molar-refractivity contribution in [3.8, 4) is 0 Å². The van der Waals surface area contributed by atoms with Crippen molar-refractivity contribution in [2.75, 3.05) is 20.3 Å². The van der Waals surface area contributed by atoms with E-state index in [0.717, 1.165) is 18.3 Å². The third-order valence-corrected chi connectivity index (χ3v) is 2.81. The number of aliphatic imine (C=N–C) groups is 1. The van der Waals surface area contributed by atoms with Crippen LogP contribution in [0.5, 0.6) is 0 Å². The second-order valence-electron chi connectivity index (χ2n) is 6.06. The predicted octanol–water partition coefficient (Wildman–Crippen LogP) is 2.06. The standard InChI is InChI=1S/C15H28N4O2/c1-7-16-14(19-11(2)10-20-6)18-9-13-17-8-12(21-13)15(3,4)5/h8,11H,7,9-10H2,1-6H3,(H2,16,18,19). The molecular weight excluding hydrogens is 268 g/mol. The summed E-state index contributed by atoms with van der Waals surface area (Å²) in [6, 6.07) is 0.183. The number of hydrogen-bond donors (Lipinski definition) is 2. The van der Waals surface area contributed by atoms with Crippen LogP contribution < -0.4 is 10.6 Å². The molecule has 0 aliphatic heterocycles. The van der Waals surface area contributed by atoms with Crippen LogP contribution in [0.3, 0.4) is 0 Å². The van der Waals surface area contributed by atoms with Crippen LogP contribution in [0.2, 0.25) is 0 Å². The minimum atomic E-state index is -0.0370. The lowest BCUT2D eigenvalue weighted by Crippen LogP contribution is -2.43. The molecule has 0 bridgehead atoms. The highest BCUT2D eigenvalue weighted by Crippen LogP contribution is 2.22. The van der Waals surface area contributed by atoms with E-state index in [1.165, 1.54) is 0 Å². The average molecular weight is 296 g/mol. The van der Waals surface area contributed by atoms with E-state index >= 15 is 0 Å². The monoisotopic (exact) mass is 296 g/mol. The van der Waals surface area contributed by atoms with Crippen molar-refractivity contribution < 1.29 is 9.15 Å². The van der Waals surface area contributed by atoms with Crippen LogP contribution >= 0.6 is 0 Å². The SMILES string of the molecule is CCNC(=NCc1ncc(C(C)(C)C)o1)NC(C)COC. The van der Waals surface area contributed by atoms with Gasteiger partial charge in [0.15, 0.2) is 5.96 Å². The molecule has 0 saturated heterocycles. The fraction of sp³-hybridized carbons (Fsp3) is 0.733. The number of hydrogen-bond acceptors (Lipinski definition) is 4. The van der Waals surface area contributed by atoms with E-state index in [1.807, 2.05) is 13.8 Å². The second kappa shape index (κ2) is 8.02. The van der Waals surface area contributed by atoms with Crippen molar-refractivity contribution >= 4 is 5.96 Å². The van der Waals surface area contributed by atoms with Crippen molar-refractivity contribution in [1.82, 2.24) is 15.6 Å². The first kappa shape index (κ1) is 17.5. The van der Waals surface area contributed by atoms with Gasteiger partial charge in [0.05, 0.1) is 12.8 Å². The molecule has 0 spiro atoms. The van der Waals surface area contributed by atoms with Crippen LogP contribution in [0, 0.1) is 0 Å². The van der Waals surface area contributed by atoms with Gasteiger partial charge in [-0.15, -0.1) is 0 Å². The summed E-state index contributed by atoms with van der Waals surface area (Å²) in [4.78, 5) is 8.76. The Morgan fingerprint density at radius 1 is 1.48 bits per heavy atom. The first-order chi connectivity index (χ1) is 9.86. The summed E-state index contributed by atoms with van der Waals surface area (Å²) in [6.45, 7) is 12.2. The van der Waals surface area contributed by atoms with Gasteiger partial charge in [-0.2, -0.15) is 0 Å². The maximum Gasteiger partial charge on any atom is 0.216 e. The number of guanidine groups is 1. The quantitative estimate of drug-likeness (QED) is 0.621. The van der Waals surface area contributed by atoms with Crippen LogP contribution in [-0.4, -0.2) is 37.2 Å². The molecular formula is C15H28N4O2. The van der Waals surface area contributed by atoms with E-state index in [2.05, 4.69) is 41.4 Å². The normalized spacial score (nSPS) is 14.1. The Hall–Kier alpha value is -1.56. The zero-order valence-corrected chi connectivity index (χ0v) is 14.0. The van der Waals surface area contributed by atoms with Gasteiger partial charge in [0.1, 0.15) is 12.3 Å². The van der Waals surface area contributed by atoms with Gasteiger partial charge in [0.25, 0.3) is 0 Å². The third kappa shape index (κ3) is 6.16. The molecule has 1 unspecified atom stereocenters. The number of aromatic nitrogens is 1. The number of ether oxygens (including phenoxy) is 1. The molecule has 1 atom stereocenters. The molecule has 1 heterocycles. The first-order valence-electron chi connectivity index (χ1n) is 7.35. The second-order valence-corrected chi connectivity index (χ2v) is 6.06. The third-order valence-electron chi connectivity index (χ3n) is 2.81. The van der Waals surface area contributed by atoms with E-state index in [1.54, 1.807) is 13.3 Å². The van der Waals surface area contributed by atoms with E-state index in [9.17, 15) is 0 Å². The van der Waals surface area contributed by atoms with Gasteiger partial charge in [0, 0.05) is 25.1 Å². The highest BCUT2D eigenvalue weighted by atomic mass is 16.5. The van der Waals surface area contributed by atoms with Gasteiger partial charge in [-0.25, -0.2) is 9.98 Å². The first-order valence-corrected chi connectivity index (χ1v) is 7.35. The van der Waals surface area contributed by atoms with Crippen molar-refractivity contribution in [3.63, 3.8) is 0 Å². The van der Waals surface area contributed by atoms with Gasteiger partial charge in [-0.1, -0.05) is 20.8 Å². The molecule has 2 N–H and O–H groups in total. The zero-order valence-electron chi connectivity index (χ0n) is 14.0. The molecule has 1 aromatic heterocycles. The maximum atomic E-state index is 5.73. The van der Waals surface area contributed by atoms with Crippen LogP contribution in [0.25, 0.3) is 0 Å². The number of nitrogens with one attached hydrogen (secondary N) is 2. The molecule has 0 aliphatic rings. The minimum absolute atomic E-state index is 0.0370. The number of nitrogens with zero attached hydrogens (tertiary/aromatic N) is 2. The lowest BCUT2D eigenvalue weighted by atomic mass is 9.94. The molecule has 1 rings (SSSR count). The van der Waals surface area contributed by atoms with E-state index in [0.29, 0.717) is 19.0 Å². The summed E-state index contributed by atoms with van der Waals surface area (Å²) >= 11 is 0. The fourth-order valence-electron chi connectivity index (χ4n) is 1.72. The number of oxazole rings is 1. The molecule has 6 heteroatoms. The van der Waals surface area contributed by atoms with Crippen LogP contribution in [0.1, 0.15) is 46.3 Å². The predicted molar refractivity (Wildman–Crippen MR) is 84.5 cm³/mol. The minimum Gasteiger partial charge on any atom is -0.443 e. The summed E-state index contributed by atoms with van der Waals surface area (Å²) in [5.41, 5.74) is -0.0370. The highest BCUT2D eigenvalue weighted by molar-refractivity contribution is 5.79. The molecule has 0 aliphatic carbocycles. The lowest BCUT2D eigenvalue weighted by Gasteiger charge is -2.16. The topological polar surface area (TPSA) is 71.7 Å². The Morgan fingerprint density at radius 3 is 2.71 bits per heavy atom. The van der Waals surface area contributed by atoms with Gasteiger partial charge in [-0.05, 0) is 13.8 Å². The fourth-order valence-corrected chi connectivity index (χ4v) is 1.72. The highest BCUT2D eigenvalue weighted by Gasteiger charge is 2.19. The Kier molecular flexibility index (Phi) is 6.68. The lowest BCUT2D eigenvalue weighted by molar-refractivity contribution is 0.179. The molecule has 0 aromatic carbocycles. The maximum absolute atomic E-state index is 5.73. The Balaban J connectivity index is 2.67. The number of methoxy groups -OCH3 is 1. The molecule has 120 valence electrons. The summed E-state index contributed by atoms with van der Waals surface area (Å²) in [5, 5.41) is 6.46. The van der Waals surface area contributed by atoms with E-state index < -0.39 is 0 Å². The summed E-state index contributed by atoms with van der Waals surface area (Å²) in [6.07, 6.45) is 1.78. The summed E-state index contributed by atoms with van der Waals surface area (Å²) < 4.78 is 10.8. The Bertz CT molecular complexity index is 449. The van der Waals surface area contributed by atoms with Crippen LogP contribution in [-0.2, 0) is 16.7 Å². The van der Waals surface area contributed by atoms with Crippen molar-refractivity contribution in [2.45, 2.75) is 52.6 Å². The average Bonchev–Trinajstić information content (AvgIpc) is 2.85. The van der Waals surface area contributed by atoms with Crippen molar-refractivity contribution in [3.05, 3.63) is 17.8 Å². The van der Waals surface area contributed by atoms with E-state index in [4.69, 9.17) is 9.15 Å². The largest absolute Gasteiger partial charge is 0.443 e. The molecule has 0 saturated carbocycles. The Morgan fingerprint density at radius 2 is 2.19 bits per heavy atom. The molecule has 1 aromatic rings. The van der Waals surface area contributed by atoms with Crippen molar-refractivity contribution in [2.24, 2.45) is 4.99 Å². The number of rotatable bonds is 6. The summed E-state index contributed by atoms with van der Waals surface area (Å²) in [5.74, 6) is 2.23. The van der Waals surface area contributed by atoms with Crippen LogP contribution in [0.4, 0.5) is 0 Å². The molecule has 21 heavy (non-hydrogen) atoms. The van der Waals surface area contributed by atoms with Gasteiger partial charge < -0.3 is 19.8 Å². The van der Waals surface area contributed by atoms with E-state index in [-0.39, 0.29) is 11.5 Å². The smallest absolute Gasteiger partial charge is 0.216 e. The zero-order chi connectivity index (χ0) is 15.9. The molecule has 6 nitrogen and oxygen atoms in total. The molecule has 0 amide bonds. The van der Waals surface area contributed by atoms with Gasteiger partial charge in [-0.3, -0.25) is 0 Å². The van der Waals surface area contributed by atoms with Crippen LogP contribution in [0.15, 0.2) is 15.6 Å². The Labute approximate surface area is 127 Å². The van der Waals surface area contributed by atoms with Crippen molar-refractivity contribution in [1.29, 1.82) is 0 Å². The summed E-state index contributed by atoms with van der Waals surface area (Å²) in [7, 11) is 1.68. The van der Waals surface area contributed by atoms with Gasteiger partial charge >= 0.3 is 0 Å².